The van der Waals surface area contributed by atoms with E-state index in [2.05, 4.69) is 10.3 Å². The number of aromatic nitrogens is 2. The van der Waals surface area contributed by atoms with Crippen molar-refractivity contribution in [2.45, 2.75) is 33.7 Å². The summed E-state index contributed by atoms with van der Waals surface area (Å²) in [6, 6.07) is 7.46. The fourth-order valence-electron chi connectivity index (χ4n) is 2.27. The van der Waals surface area contributed by atoms with Gasteiger partial charge in [-0.3, -0.25) is 14.2 Å². The van der Waals surface area contributed by atoms with Crippen LogP contribution in [0.25, 0.3) is 0 Å². The molecule has 0 aliphatic heterocycles. The van der Waals surface area contributed by atoms with Gasteiger partial charge >= 0.3 is 0 Å². The minimum atomic E-state index is -0.0796. The molecule has 0 aliphatic rings. The van der Waals surface area contributed by atoms with Gasteiger partial charge in [0.05, 0.1) is 19.4 Å². The predicted molar refractivity (Wildman–Crippen MR) is 92.3 cm³/mol. The zero-order valence-corrected chi connectivity index (χ0v) is 14.3. The maximum atomic E-state index is 12.0. The maximum absolute atomic E-state index is 12.0. The lowest BCUT2D eigenvalue weighted by molar-refractivity contribution is -0.120. The molecule has 128 valence electrons. The number of ether oxygens (including phenoxy) is 1. The first-order chi connectivity index (χ1) is 11.5. The van der Waals surface area contributed by atoms with Gasteiger partial charge in [-0.05, 0) is 38.5 Å². The number of benzene rings is 1. The predicted octanol–water partition coefficient (Wildman–Crippen LogP) is 1.62. The molecule has 0 aliphatic carbocycles. The van der Waals surface area contributed by atoms with E-state index in [0.29, 0.717) is 31.7 Å². The third kappa shape index (κ3) is 4.68. The molecule has 0 radical (unpaired) electrons. The van der Waals surface area contributed by atoms with Gasteiger partial charge < -0.3 is 10.1 Å². The van der Waals surface area contributed by atoms with E-state index in [0.717, 1.165) is 17.0 Å². The van der Waals surface area contributed by atoms with Gasteiger partial charge in [-0.15, -0.1) is 0 Å². The number of amides is 1. The van der Waals surface area contributed by atoms with Crippen LogP contribution in [0.3, 0.4) is 0 Å². The molecule has 0 saturated carbocycles. The van der Waals surface area contributed by atoms with Crippen LogP contribution in [-0.2, 0) is 17.8 Å². The first-order valence-electron chi connectivity index (χ1n) is 8.02. The monoisotopic (exact) mass is 329 g/mol. The molecule has 0 bridgehead atoms. The molecule has 2 rings (SSSR count). The molecule has 6 nitrogen and oxygen atoms in total. The molecule has 0 fully saturated rings. The highest BCUT2D eigenvalue weighted by molar-refractivity contribution is 5.78. The lowest BCUT2D eigenvalue weighted by Gasteiger charge is -2.09. The number of hydrogen-bond acceptors (Lipinski definition) is 4. The van der Waals surface area contributed by atoms with Crippen LogP contribution in [0.1, 0.15) is 23.7 Å². The summed E-state index contributed by atoms with van der Waals surface area (Å²) < 4.78 is 6.88. The topological polar surface area (TPSA) is 73.2 Å². The Bertz CT molecular complexity index is 751. The van der Waals surface area contributed by atoms with Gasteiger partial charge in [0.2, 0.25) is 5.91 Å². The molecule has 2 aromatic rings. The molecule has 0 saturated heterocycles. The number of nitrogens with one attached hydrogen (secondary N) is 1. The van der Waals surface area contributed by atoms with Crippen molar-refractivity contribution in [3.63, 3.8) is 0 Å². The molecule has 0 atom stereocenters. The van der Waals surface area contributed by atoms with E-state index < -0.39 is 0 Å². The molecular weight excluding hydrogens is 306 g/mol. The molecule has 6 heteroatoms. The van der Waals surface area contributed by atoms with Gasteiger partial charge in [-0.1, -0.05) is 12.1 Å². The second-order valence-electron chi connectivity index (χ2n) is 5.56. The Balaban J connectivity index is 1.83. The quantitative estimate of drug-likeness (QED) is 0.838. The van der Waals surface area contributed by atoms with Crippen LogP contribution in [0.5, 0.6) is 5.75 Å². The van der Waals surface area contributed by atoms with Crippen molar-refractivity contribution >= 4 is 5.91 Å². The van der Waals surface area contributed by atoms with Crippen LogP contribution >= 0.6 is 0 Å². The Morgan fingerprint density at radius 3 is 2.62 bits per heavy atom. The largest absolute Gasteiger partial charge is 0.494 e. The number of hydrogen-bond donors (Lipinski definition) is 1. The summed E-state index contributed by atoms with van der Waals surface area (Å²) in [7, 11) is 0. The van der Waals surface area contributed by atoms with Crippen molar-refractivity contribution in [2.75, 3.05) is 13.2 Å². The van der Waals surface area contributed by atoms with Crippen molar-refractivity contribution in [3.8, 4) is 5.75 Å². The van der Waals surface area contributed by atoms with E-state index >= 15 is 0 Å². The molecule has 0 unspecified atom stereocenters. The Morgan fingerprint density at radius 2 is 1.96 bits per heavy atom. The van der Waals surface area contributed by atoms with E-state index in [4.69, 9.17) is 4.74 Å². The Kier molecular flexibility index (Phi) is 6.12. The molecular formula is C18H23N3O3. The maximum Gasteiger partial charge on any atom is 0.256 e. The van der Waals surface area contributed by atoms with E-state index in [9.17, 15) is 9.59 Å². The Labute approximate surface area is 141 Å². The van der Waals surface area contributed by atoms with Gasteiger partial charge in [0.15, 0.2) is 0 Å². The minimum absolute atomic E-state index is 0.0664. The zero-order valence-electron chi connectivity index (χ0n) is 14.3. The molecule has 1 N–H and O–H groups in total. The van der Waals surface area contributed by atoms with Gasteiger partial charge in [0, 0.05) is 24.3 Å². The lowest BCUT2D eigenvalue weighted by atomic mass is 10.1. The molecule has 24 heavy (non-hydrogen) atoms. The minimum Gasteiger partial charge on any atom is -0.494 e. The van der Waals surface area contributed by atoms with Gasteiger partial charge in [-0.25, -0.2) is 4.98 Å². The number of aryl methyl sites for hydroxylation is 1. The van der Waals surface area contributed by atoms with Crippen molar-refractivity contribution in [2.24, 2.45) is 0 Å². The van der Waals surface area contributed by atoms with E-state index in [1.54, 1.807) is 13.8 Å². The Morgan fingerprint density at radius 1 is 1.25 bits per heavy atom. The van der Waals surface area contributed by atoms with Crippen LogP contribution in [0.2, 0.25) is 0 Å². The van der Waals surface area contributed by atoms with Gasteiger partial charge in [-0.2, -0.15) is 0 Å². The second-order valence-corrected chi connectivity index (χ2v) is 5.56. The van der Waals surface area contributed by atoms with Gasteiger partial charge in [0.25, 0.3) is 5.56 Å². The fraction of sp³-hybridized carbons (Fsp3) is 0.389. The fourth-order valence-corrected chi connectivity index (χ4v) is 2.27. The van der Waals surface area contributed by atoms with Crippen LogP contribution < -0.4 is 15.6 Å². The second kappa shape index (κ2) is 8.29. The molecule has 0 spiro atoms. The summed E-state index contributed by atoms with van der Waals surface area (Å²) >= 11 is 0. The van der Waals surface area contributed by atoms with E-state index in [1.165, 1.54) is 10.9 Å². The van der Waals surface area contributed by atoms with Crippen LogP contribution in [0, 0.1) is 13.8 Å². The SMILES string of the molecule is CCOc1ccc(CC(=O)NCCn2cnc(C)c(C)c2=O)cc1. The number of rotatable bonds is 7. The summed E-state index contributed by atoms with van der Waals surface area (Å²) in [6.45, 7) is 6.90. The first kappa shape index (κ1) is 17.7. The summed E-state index contributed by atoms with van der Waals surface area (Å²) in [5.41, 5.74) is 2.22. The summed E-state index contributed by atoms with van der Waals surface area (Å²) in [6.07, 6.45) is 1.82. The highest BCUT2D eigenvalue weighted by Gasteiger charge is 2.06. The van der Waals surface area contributed by atoms with Crippen molar-refractivity contribution < 1.29 is 9.53 Å². The van der Waals surface area contributed by atoms with Crippen molar-refractivity contribution in [1.29, 1.82) is 0 Å². The summed E-state index contributed by atoms with van der Waals surface area (Å²) in [5, 5.41) is 2.82. The average Bonchev–Trinajstić information content (AvgIpc) is 2.57. The van der Waals surface area contributed by atoms with E-state index in [1.807, 2.05) is 31.2 Å². The molecule has 1 heterocycles. The normalized spacial score (nSPS) is 10.5. The molecule has 1 aromatic heterocycles. The zero-order chi connectivity index (χ0) is 17.5. The van der Waals surface area contributed by atoms with E-state index in [-0.39, 0.29) is 11.5 Å². The third-order valence-electron chi connectivity index (χ3n) is 3.79. The van der Waals surface area contributed by atoms with Crippen molar-refractivity contribution in [3.05, 3.63) is 57.8 Å². The number of nitrogens with zero attached hydrogens (tertiary/aromatic N) is 2. The summed E-state index contributed by atoms with van der Waals surface area (Å²) in [4.78, 5) is 28.2. The standard InChI is InChI=1S/C18H23N3O3/c1-4-24-16-7-5-15(6-8-16)11-17(22)19-9-10-21-12-20-14(3)13(2)18(21)23/h5-8,12H,4,9-11H2,1-3H3,(H,19,22). The number of carbonyl (C=O) groups excluding carboxylic acids is 1. The number of carbonyl (C=O) groups is 1. The highest BCUT2D eigenvalue weighted by atomic mass is 16.5. The van der Waals surface area contributed by atoms with Crippen LogP contribution in [-0.4, -0.2) is 28.6 Å². The Hall–Kier alpha value is -2.63. The average molecular weight is 329 g/mol. The first-order valence-corrected chi connectivity index (χ1v) is 8.02. The smallest absolute Gasteiger partial charge is 0.256 e. The molecule has 1 aromatic carbocycles. The summed E-state index contributed by atoms with van der Waals surface area (Å²) in [5.74, 6) is 0.715. The van der Waals surface area contributed by atoms with Crippen LogP contribution in [0.15, 0.2) is 35.4 Å². The van der Waals surface area contributed by atoms with Crippen molar-refractivity contribution in [1.82, 2.24) is 14.9 Å². The van der Waals surface area contributed by atoms with Crippen LogP contribution in [0.4, 0.5) is 0 Å². The lowest BCUT2D eigenvalue weighted by Crippen LogP contribution is -2.32. The highest BCUT2D eigenvalue weighted by Crippen LogP contribution is 2.12. The third-order valence-corrected chi connectivity index (χ3v) is 3.79. The molecule has 1 amide bonds. The van der Waals surface area contributed by atoms with Gasteiger partial charge in [0.1, 0.15) is 5.75 Å².